The molecule has 0 aliphatic carbocycles. The van der Waals surface area contributed by atoms with Crippen LogP contribution in [0.4, 0.5) is 5.69 Å². The van der Waals surface area contributed by atoms with E-state index in [-0.39, 0.29) is 26.7 Å². The number of nitrogens with zero attached hydrogens (tertiary/aromatic N) is 2. The zero-order valence-electron chi connectivity index (χ0n) is 15.7. The van der Waals surface area contributed by atoms with Crippen LogP contribution < -0.4 is 4.90 Å². The largest absolute Gasteiger partial charge is 0.465 e. The minimum absolute atomic E-state index is 0.0843. The molecule has 8 heteroatoms. The number of benzene rings is 2. The fraction of sp³-hybridized carbons (Fsp3) is 0.300. The number of anilines is 1. The van der Waals surface area contributed by atoms with Gasteiger partial charge in [0.05, 0.1) is 23.4 Å². The summed E-state index contributed by atoms with van der Waals surface area (Å²) in [5, 5.41) is 11.9. The van der Waals surface area contributed by atoms with E-state index in [4.69, 9.17) is 27.9 Å². The normalized spacial score (nSPS) is 18.5. The van der Waals surface area contributed by atoms with Crippen LogP contribution in [0, 0.1) is 0 Å². The Balaban J connectivity index is 2.25. The average molecular weight is 423 g/mol. The van der Waals surface area contributed by atoms with Gasteiger partial charge >= 0.3 is 5.97 Å². The van der Waals surface area contributed by atoms with Crippen LogP contribution in [0.5, 0.6) is 0 Å². The fourth-order valence-corrected chi connectivity index (χ4v) is 3.96. The Labute approximate surface area is 173 Å². The Kier molecular flexibility index (Phi) is 5.68. The van der Waals surface area contributed by atoms with Gasteiger partial charge in [-0.3, -0.25) is 4.79 Å². The maximum Gasteiger partial charge on any atom is 0.337 e. The van der Waals surface area contributed by atoms with Crippen molar-refractivity contribution in [1.29, 1.82) is 0 Å². The highest BCUT2D eigenvalue weighted by Gasteiger charge is 2.53. The molecule has 0 saturated carbocycles. The summed E-state index contributed by atoms with van der Waals surface area (Å²) in [4.78, 5) is 28.7. The van der Waals surface area contributed by atoms with Gasteiger partial charge in [0, 0.05) is 29.2 Å². The summed E-state index contributed by atoms with van der Waals surface area (Å²) >= 11 is 12.8. The van der Waals surface area contributed by atoms with Crippen molar-refractivity contribution in [3.63, 3.8) is 0 Å². The van der Waals surface area contributed by atoms with E-state index in [1.165, 1.54) is 24.1 Å². The van der Waals surface area contributed by atoms with E-state index in [9.17, 15) is 14.7 Å². The molecule has 0 bridgehead atoms. The Morgan fingerprint density at radius 2 is 1.89 bits per heavy atom. The third kappa shape index (κ3) is 3.26. The monoisotopic (exact) mass is 422 g/mol. The quantitative estimate of drug-likeness (QED) is 0.750. The van der Waals surface area contributed by atoms with Gasteiger partial charge in [0.1, 0.15) is 0 Å². The molecule has 2 aromatic carbocycles. The van der Waals surface area contributed by atoms with E-state index in [1.54, 1.807) is 24.3 Å². The predicted octanol–water partition coefficient (Wildman–Crippen LogP) is 2.92. The number of hydrogen-bond donors (Lipinski definition) is 1. The van der Waals surface area contributed by atoms with Gasteiger partial charge < -0.3 is 19.6 Å². The molecule has 28 heavy (non-hydrogen) atoms. The zero-order valence-corrected chi connectivity index (χ0v) is 17.2. The predicted molar refractivity (Wildman–Crippen MR) is 108 cm³/mol. The number of amides is 1. The number of aliphatic hydroxyl groups is 1. The summed E-state index contributed by atoms with van der Waals surface area (Å²) in [5.41, 5.74) is -1.05. The van der Waals surface area contributed by atoms with Crippen molar-refractivity contribution in [3.8, 4) is 0 Å². The van der Waals surface area contributed by atoms with Gasteiger partial charge in [-0.15, -0.1) is 0 Å². The van der Waals surface area contributed by atoms with Crippen molar-refractivity contribution in [1.82, 2.24) is 4.90 Å². The maximum absolute atomic E-state index is 13.4. The highest BCUT2D eigenvalue weighted by molar-refractivity contribution is 6.35. The molecular weight excluding hydrogens is 403 g/mol. The molecule has 1 aliphatic heterocycles. The molecule has 0 radical (unpaired) electrons. The van der Waals surface area contributed by atoms with E-state index < -0.39 is 17.5 Å². The molecule has 1 unspecified atom stereocenters. The molecule has 1 N–H and O–H groups in total. The molecule has 1 aliphatic rings. The number of likely N-dealkylation sites (N-methyl/N-ethyl adjacent to an activating group) is 1. The lowest BCUT2D eigenvalue weighted by atomic mass is 9.87. The zero-order chi connectivity index (χ0) is 20.6. The lowest BCUT2D eigenvalue weighted by Crippen LogP contribution is -2.43. The summed E-state index contributed by atoms with van der Waals surface area (Å²) in [6.07, 6.45) is 0. The van der Waals surface area contributed by atoms with Crippen molar-refractivity contribution in [2.24, 2.45) is 0 Å². The Hall–Kier alpha value is -2.12. The van der Waals surface area contributed by atoms with Crippen LogP contribution in [0.15, 0.2) is 36.4 Å². The second-order valence-corrected chi connectivity index (χ2v) is 7.61. The molecular formula is C20H20Cl2N2O4. The van der Waals surface area contributed by atoms with E-state index in [0.717, 1.165) is 0 Å². The number of fused-ring (bicyclic) bond motifs is 1. The molecule has 6 nitrogen and oxygen atoms in total. The molecule has 0 aromatic heterocycles. The second-order valence-electron chi connectivity index (χ2n) is 6.79. The molecule has 0 saturated heterocycles. The molecule has 1 amide bonds. The van der Waals surface area contributed by atoms with E-state index in [2.05, 4.69) is 0 Å². The van der Waals surface area contributed by atoms with Crippen LogP contribution in [-0.4, -0.2) is 56.2 Å². The maximum atomic E-state index is 13.4. The van der Waals surface area contributed by atoms with Crippen LogP contribution in [-0.2, 0) is 15.1 Å². The van der Waals surface area contributed by atoms with Gasteiger partial charge in [-0.1, -0.05) is 41.4 Å². The van der Waals surface area contributed by atoms with Gasteiger partial charge in [0.2, 0.25) is 0 Å². The minimum Gasteiger partial charge on any atom is -0.465 e. The Morgan fingerprint density at radius 3 is 2.50 bits per heavy atom. The smallest absolute Gasteiger partial charge is 0.337 e. The first-order chi connectivity index (χ1) is 13.2. The number of ether oxygens (including phenoxy) is 1. The molecule has 3 rings (SSSR count). The molecule has 1 heterocycles. The highest BCUT2D eigenvalue weighted by Crippen LogP contribution is 2.49. The molecule has 2 aromatic rings. The van der Waals surface area contributed by atoms with E-state index in [1.807, 2.05) is 19.0 Å². The molecule has 0 fully saturated rings. The number of halogens is 2. The summed E-state index contributed by atoms with van der Waals surface area (Å²) in [5.74, 6) is -1.15. The lowest BCUT2D eigenvalue weighted by Gasteiger charge is -2.25. The molecule has 148 valence electrons. The van der Waals surface area contributed by atoms with Crippen LogP contribution in [0.3, 0.4) is 0 Å². The average Bonchev–Trinajstić information content (AvgIpc) is 2.87. The number of methoxy groups -OCH3 is 1. The SMILES string of the molecule is COC(=O)c1cc(Cl)c2c(c1)N(CCN(C)C)C(=O)C2(O)c1ccccc1Cl. The van der Waals surface area contributed by atoms with Gasteiger partial charge in [0.25, 0.3) is 5.91 Å². The molecule has 0 spiro atoms. The van der Waals surface area contributed by atoms with Gasteiger partial charge in [-0.05, 0) is 32.3 Å². The van der Waals surface area contributed by atoms with Crippen LogP contribution in [0.1, 0.15) is 21.5 Å². The van der Waals surface area contributed by atoms with Gasteiger partial charge in [0.15, 0.2) is 5.60 Å². The van der Waals surface area contributed by atoms with E-state index in [0.29, 0.717) is 18.8 Å². The van der Waals surface area contributed by atoms with Crippen molar-refractivity contribution >= 4 is 40.8 Å². The first-order valence-corrected chi connectivity index (χ1v) is 9.33. The van der Waals surface area contributed by atoms with Crippen LogP contribution >= 0.6 is 23.2 Å². The van der Waals surface area contributed by atoms with Crippen molar-refractivity contribution in [3.05, 3.63) is 63.1 Å². The first kappa shape index (κ1) is 20.6. The van der Waals surface area contributed by atoms with Crippen molar-refractivity contribution in [2.75, 3.05) is 39.2 Å². The summed E-state index contributed by atoms with van der Waals surface area (Å²) in [6.45, 7) is 0.844. The summed E-state index contributed by atoms with van der Waals surface area (Å²) < 4.78 is 4.77. The minimum atomic E-state index is -2.05. The number of carbonyl (C=O) groups excluding carboxylic acids is 2. The number of carbonyl (C=O) groups is 2. The third-order valence-corrected chi connectivity index (χ3v) is 5.36. The van der Waals surface area contributed by atoms with Gasteiger partial charge in [-0.2, -0.15) is 0 Å². The number of hydrogen-bond acceptors (Lipinski definition) is 5. The standard InChI is InChI=1S/C20H20Cl2N2O4/c1-23(2)8-9-24-16-11-12(18(25)28-3)10-15(22)17(16)20(27,19(24)26)13-6-4-5-7-14(13)21/h4-7,10-11,27H,8-9H2,1-3H3. The Bertz CT molecular complexity index is 948. The number of rotatable bonds is 5. The van der Waals surface area contributed by atoms with Crippen LogP contribution in [0.25, 0.3) is 0 Å². The summed E-state index contributed by atoms with van der Waals surface area (Å²) in [6, 6.07) is 9.48. The lowest BCUT2D eigenvalue weighted by molar-refractivity contribution is -0.132. The van der Waals surface area contributed by atoms with E-state index >= 15 is 0 Å². The number of esters is 1. The highest BCUT2D eigenvalue weighted by atomic mass is 35.5. The Morgan fingerprint density at radius 1 is 1.21 bits per heavy atom. The first-order valence-electron chi connectivity index (χ1n) is 8.58. The van der Waals surface area contributed by atoms with Crippen LogP contribution in [0.2, 0.25) is 10.0 Å². The fourth-order valence-electron chi connectivity index (χ4n) is 3.34. The second kappa shape index (κ2) is 7.72. The van der Waals surface area contributed by atoms with Crippen molar-refractivity contribution in [2.45, 2.75) is 5.60 Å². The van der Waals surface area contributed by atoms with Crippen molar-refractivity contribution < 1.29 is 19.4 Å². The molecule has 1 atom stereocenters. The summed E-state index contributed by atoms with van der Waals surface area (Å²) in [7, 11) is 5.01. The van der Waals surface area contributed by atoms with Gasteiger partial charge in [-0.25, -0.2) is 4.79 Å². The topological polar surface area (TPSA) is 70.1 Å². The third-order valence-electron chi connectivity index (χ3n) is 4.73.